The number of hydrogen-bond donors (Lipinski definition) is 1. The molecule has 234 valence electrons. The summed E-state index contributed by atoms with van der Waals surface area (Å²) in [4.78, 5) is 43.5. The Hall–Kier alpha value is -2.91. The molecule has 2 amide bonds. The fraction of sp³-hybridized carbons (Fsp3) is 0.500. The van der Waals surface area contributed by atoms with E-state index in [9.17, 15) is 14.4 Å². The molecule has 4 rings (SSSR count). The molecular formula is C30H44B6FN3O5. The highest BCUT2D eigenvalue weighted by atomic mass is 19.1. The van der Waals surface area contributed by atoms with Crippen molar-refractivity contribution in [2.45, 2.75) is 73.9 Å². The molecule has 1 N–H and O–H groups in total. The van der Waals surface area contributed by atoms with Crippen LogP contribution in [0, 0.1) is 5.82 Å². The summed E-state index contributed by atoms with van der Waals surface area (Å²) < 4.78 is 27.6. The van der Waals surface area contributed by atoms with Crippen LogP contribution >= 0.6 is 0 Å². The maximum Gasteiger partial charge on any atom is 0.254 e. The predicted octanol–water partition coefficient (Wildman–Crippen LogP) is -2.30. The van der Waals surface area contributed by atoms with Gasteiger partial charge in [0, 0.05) is 48.7 Å². The Kier molecular flexibility index (Phi) is 9.34. The second kappa shape index (κ2) is 12.0. The minimum absolute atomic E-state index is 0.0349. The minimum Gasteiger partial charge on any atom is -0.488 e. The minimum atomic E-state index is -0.979. The van der Waals surface area contributed by atoms with Gasteiger partial charge in [-0.15, -0.1) is 0 Å². The number of rotatable bonds is 10. The van der Waals surface area contributed by atoms with Crippen molar-refractivity contribution in [2.24, 2.45) is 0 Å². The highest BCUT2D eigenvalue weighted by Gasteiger charge is 2.55. The van der Waals surface area contributed by atoms with Gasteiger partial charge < -0.3 is 24.5 Å². The van der Waals surface area contributed by atoms with Crippen LogP contribution in [0.5, 0.6) is 5.75 Å². The largest absolute Gasteiger partial charge is 0.488 e. The van der Waals surface area contributed by atoms with Gasteiger partial charge in [-0.2, -0.15) is 0 Å². The number of hydrogen-bond acceptors (Lipinski definition) is 6. The van der Waals surface area contributed by atoms with Crippen molar-refractivity contribution in [1.29, 1.82) is 0 Å². The van der Waals surface area contributed by atoms with E-state index in [2.05, 4.69) is 37.9 Å². The third-order valence-electron chi connectivity index (χ3n) is 9.90. The van der Waals surface area contributed by atoms with Crippen LogP contribution in [0.2, 0.25) is 10.4 Å². The Labute approximate surface area is 272 Å². The first-order valence-corrected chi connectivity index (χ1v) is 15.7. The van der Waals surface area contributed by atoms with Crippen molar-refractivity contribution >= 4 is 65.2 Å². The lowest BCUT2D eigenvalue weighted by Crippen LogP contribution is -2.61. The first-order valence-electron chi connectivity index (χ1n) is 15.7. The van der Waals surface area contributed by atoms with E-state index in [1.807, 2.05) is 37.5 Å². The van der Waals surface area contributed by atoms with Gasteiger partial charge in [-0.1, -0.05) is 17.3 Å². The maximum atomic E-state index is 15.1. The molecule has 2 heterocycles. The van der Waals surface area contributed by atoms with Crippen LogP contribution in [0.15, 0.2) is 36.4 Å². The van der Waals surface area contributed by atoms with Crippen molar-refractivity contribution in [2.75, 3.05) is 20.1 Å². The van der Waals surface area contributed by atoms with E-state index in [0.29, 0.717) is 29.0 Å². The molecule has 1 saturated heterocycles. The summed E-state index contributed by atoms with van der Waals surface area (Å²) in [5.74, 6) is -0.466. The van der Waals surface area contributed by atoms with E-state index < -0.39 is 21.8 Å². The van der Waals surface area contributed by atoms with Crippen molar-refractivity contribution in [3.63, 3.8) is 0 Å². The Morgan fingerprint density at radius 2 is 1.73 bits per heavy atom. The van der Waals surface area contributed by atoms with Gasteiger partial charge in [0.05, 0.1) is 17.2 Å². The van der Waals surface area contributed by atoms with E-state index in [0.717, 1.165) is 24.9 Å². The van der Waals surface area contributed by atoms with Crippen LogP contribution in [0.25, 0.3) is 0 Å². The summed E-state index contributed by atoms with van der Waals surface area (Å²) in [6.07, 6.45) is 0.758. The molecule has 1 unspecified atom stereocenters. The number of halogens is 1. The molecule has 0 aliphatic carbocycles. The van der Waals surface area contributed by atoms with E-state index in [1.165, 1.54) is 6.07 Å². The fourth-order valence-electron chi connectivity index (χ4n) is 7.28. The first-order chi connectivity index (χ1) is 20.7. The zero-order valence-electron chi connectivity index (χ0n) is 28.8. The third-order valence-corrected chi connectivity index (χ3v) is 9.90. The summed E-state index contributed by atoms with van der Waals surface area (Å²) in [7, 11) is 12.5. The van der Waals surface area contributed by atoms with Crippen molar-refractivity contribution < 1.29 is 28.2 Å². The van der Waals surface area contributed by atoms with Crippen LogP contribution in [0.1, 0.15) is 54.7 Å². The highest BCUT2D eigenvalue weighted by molar-refractivity contribution is 6.62. The zero-order valence-corrected chi connectivity index (χ0v) is 28.8. The quantitative estimate of drug-likeness (QED) is 0.241. The van der Waals surface area contributed by atoms with Crippen molar-refractivity contribution in [3.8, 4) is 5.75 Å². The monoisotopic (exact) mass is 611 g/mol. The Morgan fingerprint density at radius 3 is 2.31 bits per heavy atom. The van der Waals surface area contributed by atoms with Crippen LogP contribution in [0.3, 0.4) is 0 Å². The number of ether oxygens (including phenoxy) is 2. The number of morpholine rings is 1. The van der Waals surface area contributed by atoms with Gasteiger partial charge >= 0.3 is 0 Å². The fourth-order valence-corrected chi connectivity index (χ4v) is 7.28. The molecule has 0 spiro atoms. The van der Waals surface area contributed by atoms with Gasteiger partial charge in [0.25, 0.3) is 5.91 Å². The Balaban J connectivity index is 1.61. The molecule has 0 aromatic heterocycles. The summed E-state index contributed by atoms with van der Waals surface area (Å²) in [6, 6.07) is 9.41. The van der Waals surface area contributed by atoms with Gasteiger partial charge in [-0.05, 0) is 62.7 Å². The molecule has 2 aliphatic rings. The second-order valence-corrected chi connectivity index (χ2v) is 15.4. The molecule has 1 fully saturated rings. The van der Waals surface area contributed by atoms with Crippen LogP contribution in [-0.4, -0.2) is 112 Å². The number of carbonyl (C=O) groups excluding carboxylic acids is 3. The SMILES string of the molecule is BC1(B)c2c(OCc3cc(CN4CC(C)(C)OC(C)(C)C4)ccc3F)cccc2C(=O)N1C(C=O)C(B)(B)C(B)(B)C(=O)NC. The van der Waals surface area contributed by atoms with Crippen LogP contribution in [0.4, 0.5) is 4.39 Å². The normalized spacial score (nSPS) is 19.9. The van der Waals surface area contributed by atoms with Gasteiger partial charge in [-0.25, -0.2) is 4.39 Å². The Morgan fingerprint density at radius 1 is 1.11 bits per heavy atom. The van der Waals surface area contributed by atoms with Crippen molar-refractivity contribution in [3.05, 3.63) is 64.5 Å². The van der Waals surface area contributed by atoms with Gasteiger partial charge in [0.15, 0.2) is 0 Å². The topological polar surface area (TPSA) is 88.2 Å². The molecule has 2 aromatic rings. The summed E-state index contributed by atoms with van der Waals surface area (Å²) >= 11 is 0. The second-order valence-electron chi connectivity index (χ2n) is 15.4. The number of nitrogens with one attached hydrogen (secondary N) is 1. The molecular weight excluding hydrogens is 566 g/mol. The van der Waals surface area contributed by atoms with Crippen molar-refractivity contribution in [1.82, 2.24) is 15.1 Å². The molecule has 15 heteroatoms. The van der Waals surface area contributed by atoms with E-state index >= 15 is 4.39 Å². The average Bonchev–Trinajstić information content (AvgIpc) is 3.12. The molecule has 0 saturated carbocycles. The standard InChI is InChI=1S/C30H44B6FN3O5/c1-26(2)15-39(16-27(3,4)45-26)12-17-9-10-20(37)18(11-17)14-44-21-8-6-7-19-23(21)30(35,36)40(24(19)42)22(13-41)28(31,32)29(33,34)25(43)38-5/h6-11,13,22H,12,14-16,31-36H2,1-5H3,(H,38,43). The first kappa shape index (κ1) is 35.0. The molecule has 45 heavy (non-hydrogen) atoms. The zero-order chi connectivity index (χ0) is 33.8. The van der Waals surface area contributed by atoms with Gasteiger partial charge in [0.1, 0.15) is 71.5 Å². The highest BCUT2D eigenvalue weighted by Crippen LogP contribution is 2.51. The average molecular weight is 611 g/mol. The predicted molar refractivity (Wildman–Crippen MR) is 190 cm³/mol. The molecule has 8 nitrogen and oxygen atoms in total. The Bertz CT molecular complexity index is 1490. The maximum absolute atomic E-state index is 15.1. The molecule has 0 bridgehead atoms. The molecule has 0 radical (unpaired) electrons. The number of carbonyl (C=O) groups is 3. The number of nitrogens with zero attached hydrogens (tertiary/aromatic N) is 2. The molecule has 1 atom stereocenters. The third kappa shape index (κ3) is 6.53. The summed E-state index contributed by atoms with van der Waals surface area (Å²) in [5.41, 5.74) is 1.84. The summed E-state index contributed by atoms with van der Waals surface area (Å²) in [6.45, 7) is 10.5. The van der Waals surface area contributed by atoms with Crippen LogP contribution < -0.4 is 10.1 Å². The summed E-state index contributed by atoms with van der Waals surface area (Å²) in [5, 5.41) is -0.175. The van der Waals surface area contributed by atoms with E-state index in [-0.39, 0.29) is 35.4 Å². The smallest absolute Gasteiger partial charge is 0.254 e. The van der Waals surface area contributed by atoms with E-state index in [4.69, 9.17) is 9.47 Å². The number of fused-ring (bicyclic) bond motifs is 1. The lowest BCUT2D eigenvalue weighted by Gasteiger charge is -2.51. The lowest BCUT2D eigenvalue weighted by molar-refractivity contribution is -0.182. The molecule has 2 aliphatic heterocycles. The van der Waals surface area contributed by atoms with Gasteiger partial charge in [0.2, 0.25) is 5.91 Å². The number of benzene rings is 2. The van der Waals surface area contributed by atoms with Crippen LogP contribution in [-0.2, 0) is 32.8 Å². The van der Waals surface area contributed by atoms with Gasteiger partial charge in [-0.3, -0.25) is 14.5 Å². The lowest BCUT2D eigenvalue weighted by atomic mass is 9.27. The number of amides is 2. The molecule has 2 aromatic carbocycles. The number of aldehydes is 1. The van der Waals surface area contributed by atoms with E-state index in [1.54, 1.807) is 51.9 Å².